The summed E-state index contributed by atoms with van der Waals surface area (Å²) in [5, 5.41) is 1.11. The zero-order chi connectivity index (χ0) is 16.5. The molecule has 130 valence electrons. The van der Waals surface area contributed by atoms with Crippen LogP contribution in [0.3, 0.4) is 0 Å². The Hall–Kier alpha value is -1.43. The molecule has 0 aromatic carbocycles. The third kappa shape index (κ3) is 3.48. The van der Waals surface area contributed by atoms with E-state index < -0.39 is 0 Å². The van der Waals surface area contributed by atoms with Gasteiger partial charge in [0.25, 0.3) is 0 Å². The minimum atomic E-state index is -0.0946. The normalized spacial score (nSPS) is 25.7. The van der Waals surface area contributed by atoms with Gasteiger partial charge in [-0.2, -0.15) is 0 Å². The molecule has 5 nitrogen and oxygen atoms in total. The largest absolute Gasteiger partial charge is 0.356 e. The van der Waals surface area contributed by atoms with Gasteiger partial charge in [0, 0.05) is 30.8 Å². The number of rotatable bonds is 6. The molecule has 0 radical (unpaired) electrons. The second kappa shape index (κ2) is 6.82. The third-order valence-electron chi connectivity index (χ3n) is 5.60. The zero-order valence-corrected chi connectivity index (χ0v) is 15.2. The summed E-state index contributed by atoms with van der Waals surface area (Å²) >= 11 is 0. The molecule has 2 saturated carbocycles. The average Bonchev–Trinajstić information content (AvgIpc) is 3.26. The van der Waals surface area contributed by atoms with Crippen LogP contribution < -0.4 is 4.90 Å². The molecule has 0 amide bonds. The SMILES string of the molecule is CN(c1ncnc2[nH]ccc12)C1CCC(C[S@](=N)CC2CC2)CC1. The molecule has 0 spiro atoms. The molecule has 2 heterocycles. The van der Waals surface area contributed by atoms with Crippen molar-refractivity contribution in [3.05, 3.63) is 18.6 Å². The molecule has 2 aliphatic carbocycles. The number of H-pyrrole nitrogens is 1. The van der Waals surface area contributed by atoms with Crippen LogP contribution in [-0.4, -0.2) is 39.5 Å². The molecule has 2 aliphatic rings. The average molecular weight is 346 g/mol. The van der Waals surface area contributed by atoms with Gasteiger partial charge < -0.3 is 9.88 Å². The topological polar surface area (TPSA) is 68.7 Å². The summed E-state index contributed by atoms with van der Waals surface area (Å²) in [5.41, 5.74) is 0.916. The van der Waals surface area contributed by atoms with Crippen LogP contribution in [0.4, 0.5) is 5.82 Å². The van der Waals surface area contributed by atoms with Crippen molar-refractivity contribution < 1.29 is 0 Å². The van der Waals surface area contributed by atoms with Crippen molar-refractivity contribution in [1.29, 1.82) is 4.78 Å². The summed E-state index contributed by atoms with van der Waals surface area (Å²) in [4.78, 5) is 14.3. The number of hydrogen-bond donors (Lipinski definition) is 2. The van der Waals surface area contributed by atoms with Gasteiger partial charge in [0.1, 0.15) is 17.8 Å². The van der Waals surface area contributed by atoms with Gasteiger partial charge in [-0.25, -0.2) is 9.97 Å². The van der Waals surface area contributed by atoms with Gasteiger partial charge in [-0.1, -0.05) is 0 Å². The summed E-state index contributed by atoms with van der Waals surface area (Å²) in [5.74, 6) is 5.02. The van der Waals surface area contributed by atoms with E-state index in [0.717, 1.165) is 34.4 Å². The fraction of sp³-hybridized carbons (Fsp3) is 0.667. The Morgan fingerprint density at radius 2 is 1.79 bits per heavy atom. The van der Waals surface area contributed by atoms with Crippen LogP contribution in [0.5, 0.6) is 0 Å². The van der Waals surface area contributed by atoms with Crippen molar-refractivity contribution in [2.45, 2.75) is 44.6 Å². The van der Waals surface area contributed by atoms with Crippen LogP contribution in [0, 0.1) is 16.6 Å². The van der Waals surface area contributed by atoms with Crippen LogP contribution in [-0.2, 0) is 10.7 Å². The molecule has 1 atom stereocenters. The zero-order valence-electron chi connectivity index (χ0n) is 14.4. The van der Waals surface area contributed by atoms with Crippen LogP contribution in [0.1, 0.15) is 38.5 Å². The number of aromatic amines is 1. The van der Waals surface area contributed by atoms with E-state index in [1.54, 1.807) is 6.33 Å². The highest BCUT2D eigenvalue weighted by Gasteiger charge is 2.28. The van der Waals surface area contributed by atoms with Gasteiger partial charge in [-0.3, -0.25) is 4.78 Å². The van der Waals surface area contributed by atoms with Crippen molar-refractivity contribution >= 4 is 27.5 Å². The number of aromatic nitrogens is 3. The van der Waals surface area contributed by atoms with E-state index in [-0.39, 0.29) is 10.7 Å². The predicted molar refractivity (Wildman–Crippen MR) is 101 cm³/mol. The summed E-state index contributed by atoms with van der Waals surface area (Å²) in [6, 6.07) is 2.63. The summed E-state index contributed by atoms with van der Waals surface area (Å²) in [6.45, 7) is 0. The summed E-state index contributed by atoms with van der Waals surface area (Å²) in [6.07, 6.45) is 11.3. The smallest absolute Gasteiger partial charge is 0.142 e. The molecular weight excluding hydrogens is 318 g/mol. The van der Waals surface area contributed by atoms with Crippen LogP contribution in [0.2, 0.25) is 0 Å². The van der Waals surface area contributed by atoms with Crippen LogP contribution in [0.25, 0.3) is 11.0 Å². The molecule has 0 bridgehead atoms. The highest BCUT2D eigenvalue weighted by Crippen LogP contribution is 2.33. The third-order valence-corrected chi connectivity index (χ3v) is 7.35. The van der Waals surface area contributed by atoms with E-state index in [2.05, 4.69) is 33.0 Å². The Labute approximate surface area is 146 Å². The number of nitrogens with zero attached hydrogens (tertiary/aromatic N) is 3. The minimum absolute atomic E-state index is 0.0946. The molecule has 0 saturated heterocycles. The van der Waals surface area contributed by atoms with E-state index in [0.29, 0.717) is 6.04 Å². The molecule has 4 rings (SSSR count). The minimum Gasteiger partial charge on any atom is -0.356 e. The Balaban J connectivity index is 1.35. The highest BCUT2D eigenvalue weighted by atomic mass is 32.2. The first kappa shape index (κ1) is 16.1. The maximum atomic E-state index is 8.32. The van der Waals surface area contributed by atoms with E-state index in [4.69, 9.17) is 4.78 Å². The summed E-state index contributed by atoms with van der Waals surface area (Å²) < 4.78 is 8.32. The van der Waals surface area contributed by atoms with E-state index >= 15 is 0 Å². The van der Waals surface area contributed by atoms with Gasteiger partial charge in [-0.05, 0) is 56.4 Å². The van der Waals surface area contributed by atoms with Crippen LogP contribution >= 0.6 is 0 Å². The second-order valence-electron chi connectivity index (χ2n) is 7.49. The molecule has 2 aromatic heterocycles. The van der Waals surface area contributed by atoms with Gasteiger partial charge >= 0.3 is 0 Å². The molecular formula is C18H27N5S. The molecule has 0 unspecified atom stereocenters. The predicted octanol–water partition coefficient (Wildman–Crippen LogP) is 3.74. The second-order valence-corrected chi connectivity index (χ2v) is 9.14. The number of hydrogen-bond acceptors (Lipinski definition) is 4. The van der Waals surface area contributed by atoms with Gasteiger partial charge in [-0.15, -0.1) is 10.7 Å². The lowest BCUT2D eigenvalue weighted by molar-refractivity contribution is 0.344. The first-order valence-electron chi connectivity index (χ1n) is 9.10. The molecule has 0 aliphatic heterocycles. The van der Waals surface area contributed by atoms with E-state index in [9.17, 15) is 0 Å². The highest BCUT2D eigenvalue weighted by molar-refractivity contribution is 7.86. The fourth-order valence-electron chi connectivity index (χ4n) is 3.93. The fourth-order valence-corrected chi connectivity index (χ4v) is 5.87. The first-order chi connectivity index (χ1) is 11.7. The maximum Gasteiger partial charge on any atom is 0.142 e. The Kier molecular flexibility index (Phi) is 4.57. The van der Waals surface area contributed by atoms with Crippen LogP contribution in [0.15, 0.2) is 18.6 Å². The van der Waals surface area contributed by atoms with Crippen molar-refractivity contribution in [2.24, 2.45) is 11.8 Å². The standard InChI is InChI=1S/C18H27N5S/c1-23(18-16-8-9-20-17(16)21-12-22-18)15-6-4-14(5-7-15)11-24(19)10-13-2-3-13/h8-9,12-15,19H,2-7,10-11H2,1H3,(H,20,21,22)/t14?,15?,24-/m1/s1. The molecule has 2 fully saturated rings. The van der Waals surface area contributed by atoms with Gasteiger partial charge in [0.2, 0.25) is 0 Å². The number of nitrogens with one attached hydrogen (secondary N) is 2. The molecule has 2 N–H and O–H groups in total. The Morgan fingerprint density at radius 3 is 2.46 bits per heavy atom. The first-order valence-corrected chi connectivity index (χ1v) is 10.7. The van der Waals surface area contributed by atoms with Crippen molar-refractivity contribution in [3.8, 4) is 0 Å². The molecule has 6 heteroatoms. The van der Waals surface area contributed by atoms with Gasteiger partial charge in [0.05, 0.1) is 5.39 Å². The maximum absolute atomic E-state index is 8.32. The van der Waals surface area contributed by atoms with Crippen molar-refractivity contribution in [2.75, 3.05) is 23.5 Å². The molecule has 24 heavy (non-hydrogen) atoms. The van der Waals surface area contributed by atoms with Crippen molar-refractivity contribution in [3.63, 3.8) is 0 Å². The van der Waals surface area contributed by atoms with Crippen molar-refractivity contribution in [1.82, 2.24) is 15.0 Å². The summed E-state index contributed by atoms with van der Waals surface area (Å²) in [7, 11) is 2.07. The lowest BCUT2D eigenvalue weighted by atomic mass is 9.86. The lowest BCUT2D eigenvalue weighted by Crippen LogP contribution is -2.36. The Bertz CT molecular complexity index is 715. The monoisotopic (exact) mass is 345 g/mol. The molecule has 2 aromatic rings. The lowest BCUT2D eigenvalue weighted by Gasteiger charge is -2.35. The van der Waals surface area contributed by atoms with E-state index in [1.165, 1.54) is 44.3 Å². The number of anilines is 1. The quantitative estimate of drug-likeness (QED) is 0.838. The Morgan fingerprint density at radius 1 is 1.12 bits per heavy atom. The number of fused-ring (bicyclic) bond motifs is 1. The van der Waals surface area contributed by atoms with Gasteiger partial charge in [0.15, 0.2) is 0 Å². The van der Waals surface area contributed by atoms with E-state index in [1.807, 2.05) is 6.20 Å².